The normalized spacial score (nSPS) is 20.5. The van der Waals surface area contributed by atoms with Gasteiger partial charge >= 0.3 is 5.97 Å². The zero-order valence-electron chi connectivity index (χ0n) is 13.2. The predicted octanol–water partition coefficient (Wildman–Crippen LogP) is 1.71. The number of esters is 1. The summed E-state index contributed by atoms with van der Waals surface area (Å²) in [6.45, 7) is 7.34. The van der Waals surface area contributed by atoms with E-state index < -0.39 is 0 Å². The lowest BCUT2D eigenvalue weighted by molar-refractivity contribution is -0.143. The Labute approximate surface area is 122 Å². The number of carbonyl (C=O) groups is 2. The molecule has 0 saturated carbocycles. The topological polar surface area (TPSA) is 58.6 Å². The molecule has 0 bridgehead atoms. The lowest BCUT2D eigenvalue weighted by atomic mass is 9.99. The standard InChI is InChI=1S/C15H28N2O3/c1-5-15(2,3)16-13(18)11-17-9-7-6-8-12(17)10-14(19)20-4/h12H,5-11H2,1-4H3,(H,16,18). The molecule has 116 valence electrons. The molecule has 1 N–H and O–H groups in total. The Hall–Kier alpha value is -1.10. The van der Waals surface area contributed by atoms with Crippen molar-refractivity contribution >= 4 is 11.9 Å². The van der Waals surface area contributed by atoms with Crippen molar-refractivity contribution in [2.75, 3.05) is 20.2 Å². The van der Waals surface area contributed by atoms with Gasteiger partial charge < -0.3 is 10.1 Å². The fraction of sp³-hybridized carbons (Fsp3) is 0.867. The van der Waals surface area contributed by atoms with Gasteiger partial charge in [-0.05, 0) is 39.7 Å². The average Bonchev–Trinajstić information content (AvgIpc) is 2.40. The minimum absolute atomic E-state index is 0.0358. The zero-order chi connectivity index (χ0) is 15.2. The van der Waals surface area contributed by atoms with Crippen LogP contribution in [0.4, 0.5) is 0 Å². The minimum atomic E-state index is -0.198. The molecular formula is C15H28N2O3. The van der Waals surface area contributed by atoms with Crippen LogP contribution in [0, 0.1) is 0 Å². The van der Waals surface area contributed by atoms with E-state index in [-0.39, 0.29) is 23.5 Å². The van der Waals surface area contributed by atoms with E-state index in [1.54, 1.807) is 0 Å². The van der Waals surface area contributed by atoms with Gasteiger partial charge in [0, 0.05) is 11.6 Å². The van der Waals surface area contributed by atoms with Crippen LogP contribution in [0.3, 0.4) is 0 Å². The number of hydrogen-bond donors (Lipinski definition) is 1. The first kappa shape index (κ1) is 17.0. The molecule has 1 heterocycles. The largest absolute Gasteiger partial charge is 0.469 e. The Morgan fingerprint density at radius 3 is 2.65 bits per heavy atom. The van der Waals surface area contributed by atoms with Crippen molar-refractivity contribution in [1.82, 2.24) is 10.2 Å². The van der Waals surface area contributed by atoms with Gasteiger partial charge in [-0.1, -0.05) is 13.3 Å². The fourth-order valence-electron chi connectivity index (χ4n) is 2.46. The second-order valence-corrected chi connectivity index (χ2v) is 6.19. The van der Waals surface area contributed by atoms with Gasteiger partial charge in [-0.15, -0.1) is 0 Å². The lowest BCUT2D eigenvalue weighted by Gasteiger charge is -2.35. The van der Waals surface area contributed by atoms with Crippen LogP contribution in [0.2, 0.25) is 0 Å². The van der Waals surface area contributed by atoms with Gasteiger partial charge in [0.25, 0.3) is 0 Å². The highest BCUT2D eigenvalue weighted by Crippen LogP contribution is 2.20. The van der Waals surface area contributed by atoms with Crippen molar-refractivity contribution in [2.24, 2.45) is 0 Å². The Morgan fingerprint density at radius 2 is 2.05 bits per heavy atom. The van der Waals surface area contributed by atoms with Crippen LogP contribution in [0.5, 0.6) is 0 Å². The summed E-state index contributed by atoms with van der Waals surface area (Å²) in [6.07, 6.45) is 4.42. The summed E-state index contributed by atoms with van der Waals surface area (Å²) in [5.74, 6) is -0.162. The smallest absolute Gasteiger partial charge is 0.307 e. The SMILES string of the molecule is CCC(C)(C)NC(=O)CN1CCCCC1CC(=O)OC. The summed E-state index contributed by atoms with van der Waals surface area (Å²) < 4.78 is 4.74. The third-order valence-electron chi connectivity index (χ3n) is 4.09. The second kappa shape index (κ2) is 7.62. The summed E-state index contributed by atoms with van der Waals surface area (Å²) in [5.41, 5.74) is -0.176. The summed E-state index contributed by atoms with van der Waals surface area (Å²) in [4.78, 5) is 25.7. The van der Waals surface area contributed by atoms with Gasteiger partial charge in [-0.3, -0.25) is 14.5 Å². The molecule has 1 unspecified atom stereocenters. The van der Waals surface area contributed by atoms with Crippen LogP contribution in [0.1, 0.15) is 52.9 Å². The first-order chi connectivity index (χ1) is 9.38. The summed E-state index contributed by atoms with van der Waals surface area (Å²) in [6, 6.07) is 0.131. The molecule has 0 aromatic heterocycles. The molecule has 5 heteroatoms. The number of hydrogen-bond acceptors (Lipinski definition) is 4. The molecule has 0 spiro atoms. The Balaban J connectivity index is 2.53. The monoisotopic (exact) mass is 284 g/mol. The molecule has 5 nitrogen and oxygen atoms in total. The quantitative estimate of drug-likeness (QED) is 0.754. The molecular weight excluding hydrogens is 256 g/mol. The van der Waals surface area contributed by atoms with Gasteiger partial charge in [0.1, 0.15) is 0 Å². The van der Waals surface area contributed by atoms with Gasteiger partial charge in [-0.2, -0.15) is 0 Å². The summed E-state index contributed by atoms with van der Waals surface area (Å²) in [7, 11) is 1.41. The van der Waals surface area contributed by atoms with E-state index in [0.717, 1.165) is 32.2 Å². The maximum atomic E-state index is 12.1. The van der Waals surface area contributed by atoms with Crippen LogP contribution < -0.4 is 5.32 Å². The van der Waals surface area contributed by atoms with Gasteiger partial charge in [0.05, 0.1) is 20.1 Å². The molecule has 20 heavy (non-hydrogen) atoms. The number of ether oxygens (including phenoxy) is 1. The van der Waals surface area contributed by atoms with Gasteiger partial charge in [0.15, 0.2) is 0 Å². The van der Waals surface area contributed by atoms with Crippen molar-refractivity contribution in [1.29, 1.82) is 0 Å². The molecule has 1 fully saturated rings. The first-order valence-corrected chi connectivity index (χ1v) is 7.50. The number of amides is 1. The maximum Gasteiger partial charge on any atom is 0.307 e. The highest BCUT2D eigenvalue weighted by atomic mass is 16.5. The number of likely N-dealkylation sites (tertiary alicyclic amines) is 1. The van der Waals surface area contributed by atoms with Crippen LogP contribution >= 0.6 is 0 Å². The van der Waals surface area contributed by atoms with Crippen molar-refractivity contribution < 1.29 is 14.3 Å². The molecule has 0 aromatic carbocycles. The van der Waals surface area contributed by atoms with Crippen LogP contribution in [-0.4, -0.2) is 48.6 Å². The predicted molar refractivity (Wildman–Crippen MR) is 78.4 cm³/mol. The molecule has 1 rings (SSSR count). The molecule has 1 amide bonds. The van der Waals surface area contributed by atoms with E-state index in [2.05, 4.69) is 17.1 Å². The number of piperidine rings is 1. The average molecular weight is 284 g/mol. The maximum absolute atomic E-state index is 12.1. The van der Waals surface area contributed by atoms with Crippen LogP contribution in [0.25, 0.3) is 0 Å². The molecule has 1 saturated heterocycles. The Bertz CT molecular complexity index is 342. The Morgan fingerprint density at radius 1 is 1.35 bits per heavy atom. The molecule has 0 radical (unpaired) electrons. The molecule has 1 atom stereocenters. The fourth-order valence-corrected chi connectivity index (χ4v) is 2.46. The molecule has 0 aromatic rings. The van der Waals surface area contributed by atoms with E-state index in [9.17, 15) is 9.59 Å². The van der Waals surface area contributed by atoms with Crippen LogP contribution in [-0.2, 0) is 14.3 Å². The van der Waals surface area contributed by atoms with Gasteiger partial charge in [0.2, 0.25) is 5.91 Å². The third-order valence-corrected chi connectivity index (χ3v) is 4.09. The van der Waals surface area contributed by atoms with Crippen molar-refractivity contribution in [2.45, 2.75) is 64.5 Å². The number of carbonyl (C=O) groups excluding carboxylic acids is 2. The third kappa shape index (κ3) is 5.49. The molecule has 1 aliphatic heterocycles. The zero-order valence-corrected chi connectivity index (χ0v) is 13.2. The highest BCUT2D eigenvalue weighted by Gasteiger charge is 2.28. The lowest BCUT2D eigenvalue weighted by Crippen LogP contribution is -2.51. The first-order valence-electron chi connectivity index (χ1n) is 7.50. The second-order valence-electron chi connectivity index (χ2n) is 6.19. The summed E-state index contributed by atoms with van der Waals surface area (Å²) >= 11 is 0. The number of nitrogens with zero attached hydrogens (tertiary/aromatic N) is 1. The van der Waals surface area contributed by atoms with E-state index >= 15 is 0 Å². The van der Waals surface area contributed by atoms with E-state index in [1.807, 2.05) is 13.8 Å². The Kier molecular flexibility index (Phi) is 6.46. The molecule has 1 aliphatic rings. The van der Waals surface area contributed by atoms with Crippen LogP contribution in [0.15, 0.2) is 0 Å². The van der Waals surface area contributed by atoms with Crippen molar-refractivity contribution in [3.63, 3.8) is 0 Å². The number of methoxy groups -OCH3 is 1. The molecule has 0 aliphatic carbocycles. The van der Waals surface area contributed by atoms with E-state index in [0.29, 0.717) is 13.0 Å². The number of rotatable bonds is 6. The van der Waals surface area contributed by atoms with E-state index in [1.165, 1.54) is 7.11 Å². The number of nitrogens with one attached hydrogen (secondary N) is 1. The van der Waals surface area contributed by atoms with Gasteiger partial charge in [-0.25, -0.2) is 0 Å². The van der Waals surface area contributed by atoms with Crippen molar-refractivity contribution in [3.05, 3.63) is 0 Å². The minimum Gasteiger partial charge on any atom is -0.469 e. The summed E-state index contributed by atoms with van der Waals surface area (Å²) in [5, 5.41) is 3.04. The highest BCUT2D eigenvalue weighted by molar-refractivity contribution is 5.79. The van der Waals surface area contributed by atoms with Crippen molar-refractivity contribution in [3.8, 4) is 0 Å². The van der Waals surface area contributed by atoms with E-state index in [4.69, 9.17) is 4.74 Å².